The van der Waals surface area contributed by atoms with E-state index >= 15 is 0 Å². The van der Waals surface area contributed by atoms with E-state index in [0.29, 0.717) is 26.8 Å². The molecule has 0 radical (unpaired) electrons. The summed E-state index contributed by atoms with van der Waals surface area (Å²) in [4.78, 5) is 31.1. The second-order valence-electron chi connectivity index (χ2n) is 6.79. The predicted octanol–water partition coefficient (Wildman–Crippen LogP) is 5.60. The number of alkyl halides is 2. The van der Waals surface area contributed by atoms with E-state index in [1.54, 1.807) is 16.9 Å². The zero-order valence-electron chi connectivity index (χ0n) is 16.8. The monoisotopic (exact) mass is 539 g/mol. The summed E-state index contributed by atoms with van der Waals surface area (Å²) in [6.07, 6.45) is -1.14. The quantitative estimate of drug-likeness (QED) is 0.332. The molecule has 3 N–H and O–H groups in total. The number of fused-ring (bicyclic) bond motifs is 1. The average molecular weight is 540 g/mol. The van der Waals surface area contributed by atoms with Crippen LogP contribution in [0.5, 0.6) is 0 Å². The first-order chi connectivity index (χ1) is 15.2. The van der Waals surface area contributed by atoms with Gasteiger partial charge in [0, 0.05) is 33.4 Å². The van der Waals surface area contributed by atoms with E-state index in [9.17, 15) is 18.4 Å². The number of carbonyl (C=O) groups excluding carboxylic acids is 2. The molecule has 2 amide bonds. The number of thiophene rings is 2. The fraction of sp³-hybridized carbons (Fsp3) is 0.200. The van der Waals surface area contributed by atoms with Crippen molar-refractivity contribution in [2.45, 2.75) is 26.8 Å². The molecule has 4 aromatic rings. The van der Waals surface area contributed by atoms with Gasteiger partial charge in [-0.2, -0.15) is 5.10 Å². The molecule has 0 aromatic carbocycles. The zero-order valence-corrected chi connectivity index (χ0v) is 20.0. The molecule has 12 heteroatoms. The number of aryl methyl sites for hydroxylation is 2. The Morgan fingerprint density at radius 2 is 2.06 bits per heavy atom. The first kappa shape index (κ1) is 22.5. The Kier molecular flexibility index (Phi) is 6.10. The molecule has 0 spiro atoms. The van der Waals surface area contributed by atoms with Gasteiger partial charge in [0.25, 0.3) is 18.2 Å². The highest BCUT2D eigenvalue weighted by atomic mass is 79.9. The van der Waals surface area contributed by atoms with Crippen LogP contribution in [0.3, 0.4) is 0 Å². The third kappa shape index (κ3) is 4.05. The van der Waals surface area contributed by atoms with Gasteiger partial charge in [0.05, 0.1) is 10.2 Å². The number of nitrogens with one attached hydrogen (secondary N) is 1. The van der Waals surface area contributed by atoms with Crippen molar-refractivity contribution >= 4 is 66.3 Å². The minimum absolute atomic E-state index is 0.0211. The Morgan fingerprint density at radius 3 is 2.62 bits per heavy atom. The molecule has 166 valence electrons. The van der Waals surface area contributed by atoms with Crippen LogP contribution in [0.1, 0.15) is 44.1 Å². The van der Waals surface area contributed by atoms with Crippen molar-refractivity contribution in [1.29, 1.82) is 0 Å². The van der Waals surface area contributed by atoms with Crippen molar-refractivity contribution in [1.82, 2.24) is 14.8 Å². The van der Waals surface area contributed by atoms with Gasteiger partial charge in [-0.05, 0) is 48.0 Å². The molecule has 4 rings (SSSR count). The fourth-order valence-corrected chi connectivity index (χ4v) is 5.58. The first-order valence-corrected chi connectivity index (χ1v) is 11.8. The largest absolute Gasteiger partial charge is 0.365 e. The van der Waals surface area contributed by atoms with Crippen LogP contribution in [0.4, 0.5) is 14.5 Å². The summed E-state index contributed by atoms with van der Waals surface area (Å²) in [5.74, 6) is -1.37. The molecule has 0 atom stereocenters. The highest BCUT2D eigenvalue weighted by Gasteiger charge is 2.26. The molecule has 0 aliphatic heterocycles. The van der Waals surface area contributed by atoms with Crippen LogP contribution in [-0.2, 0) is 6.54 Å². The number of nitrogens with two attached hydrogens (primary N) is 1. The molecule has 0 saturated heterocycles. The number of hydrogen-bond acceptors (Lipinski definition) is 6. The van der Waals surface area contributed by atoms with Crippen molar-refractivity contribution in [3.05, 3.63) is 50.0 Å². The van der Waals surface area contributed by atoms with Gasteiger partial charge in [0.2, 0.25) is 0 Å². The van der Waals surface area contributed by atoms with Crippen molar-refractivity contribution in [3.8, 4) is 10.4 Å². The number of halogens is 3. The van der Waals surface area contributed by atoms with Gasteiger partial charge in [-0.25, -0.2) is 13.8 Å². The van der Waals surface area contributed by atoms with Crippen LogP contribution in [0.15, 0.2) is 28.9 Å². The summed E-state index contributed by atoms with van der Waals surface area (Å²) in [6, 6.07) is 4.95. The van der Waals surface area contributed by atoms with Crippen LogP contribution in [0.2, 0.25) is 0 Å². The van der Waals surface area contributed by atoms with Crippen molar-refractivity contribution in [3.63, 3.8) is 0 Å². The highest BCUT2D eigenvalue weighted by molar-refractivity contribution is 9.10. The van der Waals surface area contributed by atoms with Crippen LogP contribution < -0.4 is 11.1 Å². The number of carbonyl (C=O) groups is 2. The van der Waals surface area contributed by atoms with E-state index in [1.807, 2.05) is 19.9 Å². The number of aromatic nitrogens is 3. The maximum atomic E-state index is 13.5. The normalized spacial score (nSPS) is 11.4. The zero-order chi connectivity index (χ0) is 23.2. The fourth-order valence-electron chi connectivity index (χ4n) is 3.18. The van der Waals surface area contributed by atoms with Gasteiger partial charge in [-0.15, -0.1) is 22.7 Å². The predicted molar refractivity (Wildman–Crippen MR) is 125 cm³/mol. The van der Waals surface area contributed by atoms with Crippen LogP contribution >= 0.6 is 38.6 Å². The minimum atomic E-state index is -2.80. The lowest BCUT2D eigenvalue weighted by atomic mass is 10.1. The van der Waals surface area contributed by atoms with E-state index in [-0.39, 0.29) is 21.1 Å². The Hall–Kier alpha value is -2.70. The molecular formula is C20H16BrF2N5O2S2. The number of anilines is 1. The molecule has 7 nitrogen and oxygen atoms in total. The summed E-state index contributed by atoms with van der Waals surface area (Å²) >= 11 is 5.58. The topological polar surface area (TPSA) is 103 Å². The van der Waals surface area contributed by atoms with Gasteiger partial charge < -0.3 is 11.1 Å². The van der Waals surface area contributed by atoms with Crippen molar-refractivity contribution in [2.75, 3.05) is 5.32 Å². The summed E-state index contributed by atoms with van der Waals surface area (Å²) < 4.78 is 29.1. The molecular weight excluding hydrogens is 524 g/mol. The van der Waals surface area contributed by atoms with Gasteiger partial charge >= 0.3 is 0 Å². The molecule has 0 fully saturated rings. The number of primary amides is 1. The summed E-state index contributed by atoms with van der Waals surface area (Å²) in [6.45, 7) is 4.33. The number of amides is 2. The average Bonchev–Trinajstić information content (AvgIpc) is 3.44. The Balaban J connectivity index is 1.94. The molecule has 0 aliphatic carbocycles. The lowest BCUT2D eigenvalue weighted by Gasteiger charge is -2.09. The second kappa shape index (κ2) is 8.68. The van der Waals surface area contributed by atoms with Crippen LogP contribution in [0, 0.1) is 6.92 Å². The lowest BCUT2D eigenvalue weighted by Crippen LogP contribution is -2.17. The van der Waals surface area contributed by atoms with Crippen molar-refractivity contribution in [2.24, 2.45) is 5.73 Å². The molecule has 0 saturated carbocycles. The summed E-state index contributed by atoms with van der Waals surface area (Å²) in [5.41, 5.74) is 5.84. The molecule has 32 heavy (non-hydrogen) atoms. The SMILES string of the molecule is CCn1cc(Br)c(C(=O)Nc2c(C(N)=O)sc3nc(C(F)F)cc(-c4ccc(C)s4)c23)n1. The number of nitrogens with zero attached hydrogens (tertiary/aromatic N) is 3. The number of hydrogen-bond donors (Lipinski definition) is 2. The maximum absolute atomic E-state index is 13.5. The van der Waals surface area contributed by atoms with E-state index < -0.39 is 23.9 Å². The van der Waals surface area contributed by atoms with E-state index in [1.165, 1.54) is 17.4 Å². The Morgan fingerprint density at radius 1 is 1.31 bits per heavy atom. The second-order valence-corrected chi connectivity index (χ2v) is 9.93. The van der Waals surface area contributed by atoms with Gasteiger partial charge in [0.15, 0.2) is 5.69 Å². The minimum Gasteiger partial charge on any atom is -0.365 e. The Labute approximate surface area is 197 Å². The number of pyridine rings is 1. The van der Waals surface area contributed by atoms with Crippen LogP contribution in [0.25, 0.3) is 20.7 Å². The highest BCUT2D eigenvalue weighted by Crippen LogP contribution is 2.44. The van der Waals surface area contributed by atoms with E-state index in [2.05, 4.69) is 31.3 Å². The Bertz CT molecular complexity index is 1360. The lowest BCUT2D eigenvalue weighted by molar-refractivity contribution is 0.100. The smallest absolute Gasteiger partial charge is 0.280 e. The molecule has 4 heterocycles. The van der Waals surface area contributed by atoms with Crippen LogP contribution in [-0.4, -0.2) is 26.6 Å². The van der Waals surface area contributed by atoms with Crippen molar-refractivity contribution < 1.29 is 18.4 Å². The third-order valence-corrected chi connectivity index (χ3v) is 7.34. The van der Waals surface area contributed by atoms with Gasteiger partial charge in [0.1, 0.15) is 15.4 Å². The summed E-state index contributed by atoms with van der Waals surface area (Å²) in [7, 11) is 0. The molecule has 4 aromatic heterocycles. The van der Waals surface area contributed by atoms with Gasteiger partial charge in [-0.3, -0.25) is 14.3 Å². The number of rotatable bonds is 6. The van der Waals surface area contributed by atoms with E-state index in [4.69, 9.17) is 5.73 Å². The third-order valence-electron chi connectivity index (χ3n) is 4.63. The summed E-state index contributed by atoms with van der Waals surface area (Å²) in [5, 5.41) is 7.32. The van der Waals surface area contributed by atoms with E-state index in [0.717, 1.165) is 16.2 Å². The standard InChI is InChI=1S/C20H16BrF2N5O2S2/c1-3-28-7-10(21)14(27-28)19(30)26-15-13-9(12-5-4-8(2)31-12)6-11(17(22)23)25-20(13)32-16(15)18(24)29/h4-7,17H,3H2,1-2H3,(H2,24,29)(H,26,30). The van der Waals surface area contributed by atoms with Gasteiger partial charge in [-0.1, -0.05) is 0 Å². The molecule has 0 aliphatic rings. The first-order valence-electron chi connectivity index (χ1n) is 9.36. The maximum Gasteiger partial charge on any atom is 0.280 e. The molecule has 0 bridgehead atoms. The molecule has 0 unspecified atom stereocenters.